The third kappa shape index (κ3) is 4.40. The zero-order valence-electron chi connectivity index (χ0n) is 11.7. The molecule has 18 heavy (non-hydrogen) atoms. The number of ketones is 1. The van der Waals surface area contributed by atoms with Gasteiger partial charge in [-0.25, -0.2) is 0 Å². The van der Waals surface area contributed by atoms with Crippen molar-refractivity contribution in [2.75, 3.05) is 13.7 Å². The Morgan fingerprint density at radius 3 is 2.56 bits per heavy atom. The van der Waals surface area contributed by atoms with Crippen LogP contribution in [0.2, 0.25) is 0 Å². The van der Waals surface area contributed by atoms with Crippen molar-refractivity contribution in [3.63, 3.8) is 0 Å². The number of hydrogen-bond donors (Lipinski definition) is 0. The van der Waals surface area contributed by atoms with E-state index < -0.39 is 0 Å². The Morgan fingerprint density at radius 1 is 1.28 bits per heavy atom. The summed E-state index contributed by atoms with van der Waals surface area (Å²) < 4.78 is 10.9. The lowest BCUT2D eigenvalue weighted by Gasteiger charge is -2.12. The quantitative estimate of drug-likeness (QED) is 0.546. The highest BCUT2D eigenvalue weighted by Crippen LogP contribution is 2.28. The lowest BCUT2D eigenvalue weighted by Crippen LogP contribution is -2.02. The first-order valence-electron chi connectivity index (χ1n) is 6.36. The molecule has 0 atom stereocenters. The van der Waals surface area contributed by atoms with Gasteiger partial charge in [0.05, 0.1) is 13.7 Å². The molecule has 0 spiro atoms. The minimum absolute atomic E-state index is 0.0275. The molecule has 0 N–H and O–H groups in total. The van der Waals surface area contributed by atoms with E-state index in [1.54, 1.807) is 25.3 Å². The summed E-state index contributed by atoms with van der Waals surface area (Å²) in [7, 11) is 1.58. The summed E-state index contributed by atoms with van der Waals surface area (Å²) in [4.78, 5) is 11.3. The van der Waals surface area contributed by atoms with Crippen molar-refractivity contribution in [1.29, 1.82) is 0 Å². The van der Waals surface area contributed by atoms with E-state index in [0.29, 0.717) is 29.6 Å². The molecular weight excluding hydrogens is 228 g/mol. The van der Waals surface area contributed by atoms with Gasteiger partial charge in [-0.2, -0.15) is 0 Å². The summed E-state index contributed by atoms with van der Waals surface area (Å²) >= 11 is 0. The molecular formula is C15H22O3. The summed E-state index contributed by atoms with van der Waals surface area (Å²) in [5.41, 5.74) is 0.640. The number of ether oxygens (including phenoxy) is 2. The van der Waals surface area contributed by atoms with Crippen LogP contribution in [-0.2, 0) is 0 Å². The molecule has 0 amide bonds. The Morgan fingerprint density at radius 2 is 2.00 bits per heavy atom. The van der Waals surface area contributed by atoms with Crippen LogP contribution in [-0.4, -0.2) is 19.5 Å². The Labute approximate surface area is 109 Å². The Hall–Kier alpha value is -1.51. The first-order chi connectivity index (χ1) is 8.54. The highest BCUT2D eigenvalue weighted by molar-refractivity contribution is 5.94. The lowest BCUT2D eigenvalue weighted by atomic mass is 10.1. The highest BCUT2D eigenvalue weighted by atomic mass is 16.5. The molecule has 3 heteroatoms. The molecule has 1 aromatic carbocycles. The monoisotopic (exact) mass is 250 g/mol. The van der Waals surface area contributed by atoms with Crippen molar-refractivity contribution in [2.24, 2.45) is 5.92 Å². The molecule has 0 aliphatic rings. The maximum Gasteiger partial charge on any atom is 0.161 e. The van der Waals surface area contributed by atoms with Gasteiger partial charge in [0, 0.05) is 5.56 Å². The zero-order valence-corrected chi connectivity index (χ0v) is 11.7. The van der Waals surface area contributed by atoms with Crippen molar-refractivity contribution in [2.45, 2.75) is 33.6 Å². The SMILES string of the molecule is COc1cc(C(C)=O)ccc1OCCCC(C)C. The van der Waals surface area contributed by atoms with E-state index in [0.717, 1.165) is 12.8 Å². The number of methoxy groups -OCH3 is 1. The summed E-state index contributed by atoms with van der Waals surface area (Å²) in [6, 6.07) is 5.29. The van der Waals surface area contributed by atoms with Crippen LogP contribution in [0.5, 0.6) is 11.5 Å². The summed E-state index contributed by atoms with van der Waals surface area (Å²) in [6.45, 7) is 6.61. The Bertz CT molecular complexity index is 397. The standard InChI is InChI=1S/C15H22O3/c1-11(2)6-5-9-18-14-8-7-13(12(3)16)10-15(14)17-4/h7-8,10-11H,5-6,9H2,1-4H3. The van der Waals surface area contributed by atoms with E-state index in [-0.39, 0.29) is 5.78 Å². The highest BCUT2D eigenvalue weighted by Gasteiger charge is 2.08. The van der Waals surface area contributed by atoms with E-state index in [1.807, 2.05) is 0 Å². The molecule has 0 saturated heterocycles. The lowest BCUT2D eigenvalue weighted by molar-refractivity contribution is 0.101. The van der Waals surface area contributed by atoms with Crippen molar-refractivity contribution in [3.8, 4) is 11.5 Å². The average Bonchev–Trinajstić information content (AvgIpc) is 2.34. The summed E-state index contributed by atoms with van der Waals surface area (Å²) in [5, 5.41) is 0. The fourth-order valence-corrected chi connectivity index (χ4v) is 1.68. The molecule has 100 valence electrons. The van der Waals surface area contributed by atoms with Gasteiger partial charge < -0.3 is 9.47 Å². The largest absolute Gasteiger partial charge is 0.493 e. The summed E-state index contributed by atoms with van der Waals surface area (Å²) in [6.07, 6.45) is 2.17. The number of hydrogen-bond acceptors (Lipinski definition) is 3. The Balaban J connectivity index is 2.62. The second kappa shape index (κ2) is 7.04. The van der Waals surface area contributed by atoms with Gasteiger partial charge in [0.1, 0.15) is 0 Å². The van der Waals surface area contributed by atoms with E-state index in [2.05, 4.69) is 13.8 Å². The fraction of sp³-hybridized carbons (Fsp3) is 0.533. The molecule has 0 aliphatic carbocycles. The molecule has 1 rings (SSSR count). The number of carbonyl (C=O) groups is 1. The van der Waals surface area contributed by atoms with Crippen LogP contribution in [0.3, 0.4) is 0 Å². The van der Waals surface area contributed by atoms with Gasteiger partial charge in [-0.15, -0.1) is 0 Å². The number of rotatable bonds is 7. The van der Waals surface area contributed by atoms with Crippen LogP contribution < -0.4 is 9.47 Å². The minimum Gasteiger partial charge on any atom is -0.493 e. The number of Topliss-reactive ketones (excluding diaryl/α,β-unsaturated/α-hetero) is 1. The van der Waals surface area contributed by atoms with E-state index >= 15 is 0 Å². The van der Waals surface area contributed by atoms with Gasteiger partial charge in [0.25, 0.3) is 0 Å². The number of benzene rings is 1. The van der Waals surface area contributed by atoms with Gasteiger partial charge in [0.15, 0.2) is 17.3 Å². The topological polar surface area (TPSA) is 35.5 Å². The van der Waals surface area contributed by atoms with Gasteiger partial charge in [-0.05, 0) is 43.9 Å². The third-order valence-electron chi connectivity index (χ3n) is 2.75. The predicted molar refractivity (Wildman–Crippen MR) is 72.6 cm³/mol. The third-order valence-corrected chi connectivity index (χ3v) is 2.75. The molecule has 0 radical (unpaired) electrons. The zero-order chi connectivity index (χ0) is 13.5. The van der Waals surface area contributed by atoms with Crippen molar-refractivity contribution in [3.05, 3.63) is 23.8 Å². The smallest absolute Gasteiger partial charge is 0.161 e. The maximum absolute atomic E-state index is 11.3. The van der Waals surface area contributed by atoms with Crippen LogP contribution in [0.15, 0.2) is 18.2 Å². The molecule has 0 aliphatic heterocycles. The van der Waals surface area contributed by atoms with Crippen molar-refractivity contribution >= 4 is 5.78 Å². The van der Waals surface area contributed by atoms with E-state index in [1.165, 1.54) is 6.92 Å². The normalized spacial score (nSPS) is 10.5. The van der Waals surface area contributed by atoms with Crippen molar-refractivity contribution < 1.29 is 14.3 Å². The molecule has 0 bridgehead atoms. The van der Waals surface area contributed by atoms with E-state index in [9.17, 15) is 4.79 Å². The molecule has 0 saturated carbocycles. The average molecular weight is 250 g/mol. The maximum atomic E-state index is 11.3. The first kappa shape index (κ1) is 14.6. The molecule has 0 fully saturated rings. The van der Waals surface area contributed by atoms with Crippen molar-refractivity contribution in [1.82, 2.24) is 0 Å². The summed E-state index contributed by atoms with van der Waals surface area (Å²) in [5.74, 6) is 2.04. The second-order valence-electron chi connectivity index (χ2n) is 4.81. The molecule has 0 aromatic heterocycles. The molecule has 3 nitrogen and oxygen atoms in total. The van der Waals surface area contributed by atoms with Crippen LogP contribution in [0.25, 0.3) is 0 Å². The molecule has 1 aromatic rings. The molecule has 0 unspecified atom stereocenters. The predicted octanol–water partition coefficient (Wildman–Crippen LogP) is 3.71. The first-order valence-corrected chi connectivity index (χ1v) is 6.36. The van der Waals surface area contributed by atoms with Crippen LogP contribution >= 0.6 is 0 Å². The molecule has 0 heterocycles. The van der Waals surface area contributed by atoms with Gasteiger partial charge in [-0.1, -0.05) is 13.8 Å². The number of carbonyl (C=O) groups excluding carboxylic acids is 1. The minimum atomic E-state index is 0.0275. The van der Waals surface area contributed by atoms with Gasteiger partial charge in [0.2, 0.25) is 0 Å². The Kier molecular flexibility index (Phi) is 5.69. The van der Waals surface area contributed by atoms with Gasteiger partial charge >= 0.3 is 0 Å². The van der Waals surface area contributed by atoms with Crippen LogP contribution in [0, 0.1) is 5.92 Å². The van der Waals surface area contributed by atoms with Crippen LogP contribution in [0.1, 0.15) is 44.0 Å². The van der Waals surface area contributed by atoms with E-state index in [4.69, 9.17) is 9.47 Å². The fourth-order valence-electron chi connectivity index (χ4n) is 1.68. The van der Waals surface area contributed by atoms with Crippen LogP contribution in [0.4, 0.5) is 0 Å². The second-order valence-corrected chi connectivity index (χ2v) is 4.81. The van der Waals surface area contributed by atoms with Gasteiger partial charge in [-0.3, -0.25) is 4.79 Å².